The molecule has 0 aliphatic rings. The molecule has 0 fully saturated rings. The molecule has 0 saturated carbocycles. The van der Waals surface area contributed by atoms with Gasteiger partial charge < -0.3 is 13.4 Å². The molecule has 0 aliphatic heterocycles. The average Bonchev–Trinajstić information content (AvgIpc) is 4.15. The normalized spacial score (nSPS) is 12.2. The fraction of sp³-hybridized carbons (Fsp3) is 0. The Hall–Kier alpha value is -9.53. The highest BCUT2D eigenvalue weighted by atomic mass is 28.3. The number of aromatic nitrogens is 3. The van der Waals surface area contributed by atoms with Crippen LogP contribution in [0, 0.1) is 0 Å². The quantitative estimate of drug-likeness (QED) is 0.0958. The second-order valence-corrected chi connectivity index (χ2v) is 27.8. The third kappa shape index (κ3) is 6.74. The summed E-state index contributed by atoms with van der Waals surface area (Å²) in [6.07, 6.45) is 0. The molecule has 3 nitrogen and oxygen atoms in total. The van der Waals surface area contributed by atoms with Crippen molar-refractivity contribution in [2.75, 3.05) is 0 Å². The van der Waals surface area contributed by atoms with E-state index in [9.17, 15) is 0 Å². The first-order chi connectivity index (χ1) is 38.2. The van der Waals surface area contributed by atoms with Crippen molar-refractivity contribution in [3.63, 3.8) is 0 Å². The lowest BCUT2D eigenvalue weighted by atomic mass is 10.1. The molecule has 15 rings (SSSR count). The van der Waals surface area contributed by atoms with Crippen molar-refractivity contribution in [3.05, 3.63) is 309 Å². The fourth-order valence-corrected chi connectivity index (χ4v) is 23.0. The van der Waals surface area contributed by atoms with E-state index in [4.69, 9.17) is 0 Å². The Morgan fingerprint density at radius 1 is 0.195 bits per heavy atom. The Labute approximate surface area is 449 Å². The summed E-state index contributed by atoms with van der Waals surface area (Å²) in [4.78, 5) is 0. The van der Waals surface area contributed by atoms with Gasteiger partial charge >= 0.3 is 0 Å². The van der Waals surface area contributed by atoms with Gasteiger partial charge in [-0.1, -0.05) is 249 Å². The third-order valence-corrected chi connectivity index (χ3v) is 25.9. The first kappa shape index (κ1) is 44.9. The van der Waals surface area contributed by atoms with Crippen LogP contribution in [0.15, 0.2) is 309 Å². The van der Waals surface area contributed by atoms with E-state index in [-0.39, 0.29) is 0 Å². The van der Waals surface area contributed by atoms with E-state index in [1.807, 2.05) is 0 Å². The van der Waals surface area contributed by atoms with Gasteiger partial charge in [0, 0.05) is 54.7 Å². The molecule has 0 unspecified atom stereocenters. The van der Waals surface area contributed by atoms with Crippen molar-refractivity contribution in [3.8, 4) is 11.4 Å². The Bertz CT molecular complexity index is 4420. The summed E-state index contributed by atoms with van der Waals surface area (Å²) in [7, 11) is -5.98. The summed E-state index contributed by atoms with van der Waals surface area (Å²) in [5.74, 6) is 0. The fourth-order valence-electron chi connectivity index (χ4n) is 13.3. The van der Waals surface area contributed by atoms with E-state index in [1.165, 1.54) is 96.2 Å². The molecule has 0 amide bonds. The van der Waals surface area contributed by atoms with Gasteiger partial charge in [0.1, 0.15) is 0 Å². The molecule has 0 N–H and O–H groups in total. The van der Waals surface area contributed by atoms with Gasteiger partial charge in [0.05, 0.1) is 22.1 Å². The van der Waals surface area contributed by atoms with Crippen molar-refractivity contribution in [2.45, 2.75) is 0 Å². The summed E-state index contributed by atoms with van der Waals surface area (Å²) >= 11 is 0. The second-order valence-electron chi connectivity index (χ2n) is 20.3. The molecule has 0 radical (unpaired) electrons. The van der Waals surface area contributed by atoms with Crippen LogP contribution in [0.5, 0.6) is 0 Å². The van der Waals surface area contributed by atoms with Gasteiger partial charge in [-0.25, -0.2) is 0 Å². The summed E-state index contributed by atoms with van der Waals surface area (Å²) < 4.78 is 7.70. The smallest absolute Gasteiger partial charge is 0.257 e. The van der Waals surface area contributed by atoms with Gasteiger partial charge in [-0.15, -0.1) is 0 Å². The van der Waals surface area contributed by atoms with Crippen LogP contribution in [-0.4, -0.2) is 29.7 Å². The molecule has 77 heavy (non-hydrogen) atoms. The molecule has 12 aromatic carbocycles. The molecule has 3 heterocycles. The van der Waals surface area contributed by atoms with Crippen LogP contribution in [0.1, 0.15) is 0 Å². The molecule has 362 valence electrons. The van der Waals surface area contributed by atoms with Crippen molar-refractivity contribution >= 4 is 118 Å². The SMILES string of the molecule is c1ccc([Si](c2ccccc2)(c2ccccc2)c2ccc3c(c2)c2cc(-n4c5ccccc5c5ccccc54)ccc2n3-c2ccc([Si](c3ccccc3)(c3ccccc3)n3c4ccccc4c4ccccc43)cc2)cc1. The van der Waals surface area contributed by atoms with Crippen LogP contribution < -0.4 is 36.3 Å². The standard InChI is InChI=1S/C72H51N3Si2/c1-6-24-54(25-7-1)76(55-26-8-2-9-27-55,56-28-10-3-11-29-56)60-47-49-70-66(51-60)65-50-53(74-67-38-20-16-34-61(67)62-35-17-21-39-68(62)74)44-48-69(65)73(70)52-42-45-59(46-43-52)77(57-30-12-4-13-31-57,58-32-14-5-15-33-58)75-71-40-22-18-36-63(71)64-37-19-23-41-72(64)75/h1-51H. The lowest BCUT2D eigenvalue weighted by molar-refractivity contribution is 1.17. The maximum absolute atomic E-state index is 3.09. The minimum Gasteiger partial charge on any atom is -0.355 e. The highest BCUT2D eigenvalue weighted by molar-refractivity contribution is 7.20. The van der Waals surface area contributed by atoms with Gasteiger partial charge in [-0.05, 0) is 97.0 Å². The second kappa shape index (κ2) is 18.1. The lowest BCUT2D eigenvalue weighted by Crippen LogP contribution is -2.74. The van der Waals surface area contributed by atoms with Crippen molar-refractivity contribution < 1.29 is 0 Å². The van der Waals surface area contributed by atoms with Crippen LogP contribution in [0.3, 0.4) is 0 Å². The van der Waals surface area contributed by atoms with Crippen LogP contribution in [-0.2, 0) is 0 Å². The average molecular weight is 1010 g/mol. The zero-order valence-electron chi connectivity index (χ0n) is 42.3. The largest absolute Gasteiger partial charge is 0.355 e. The zero-order chi connectivity index (χ0) is 50.9. The van der Waals surface area contributed by atoms with E-state index in [0.717, 1.165) is 16.9 Å². The predicted octanol–water partition coefficient (Wildman–Crippen LogP) is 12.9. The molecule has 15 aromatic rings. The third-order valence-electron chi connectivity index (χ3n) is 16.5. The first-order valence-corrected chi connectivity index (χ1v) is 30.6. The maximum Gasteiger partial charge on any atom is 0.257 e. The number of hydrogen-bond acceptors (Lipinski definition) is 0. The summed E-state index contributed by atoms with van der Waals surface area (Å²) in [6.45, 7) is 0. The van der Waals surface area contributed by atoms with Gasteiger partial charge in [-0.3, -0.25) is 0 Å². The summed E-state index contributed by atoms with van der Waals surface area (Å²) in [5.41, 5.74) is 9.48. The minimum absolute atomic E-state index is 1.12. The topological polar surface area (TPSA) is 14.8 Å². The highest BCUT2D eigenvalue weighted by Crippen LogP contribution is 2.38. The molecule has 0 spiro atoms. The molecule has 0 saturated heterocycles. The van der Waals surface area contributed by atoms with Crippen LogP contribution in [0.4, 0.5) is 0 Å². The van der Waals surface area contributed by atoms with Gasteiger partial charge in [0.15, 0.2) is 8.07 Å². The number of hydrogen-bond donors (Lipinski definition) is 0. The molecule has 0 bridgehead atoms. The van der Waals surface area contributed by atoms with Crippen LogP contribution in [0.2, 0.25) is 0 Å². The molecule has 5 heteroatoms. The first-order valence-electron chi connectivity index (χ1n) is 26.7. The van der Waals surface area contributed by atoms with Crippen LogP contribution >= 0.6 is 0 Å². The number of rotatable bonds is 10. The monoisotopic (exact) mass is 1010 g/mol. The van der Waals surface area contributed by atoms with E-state index in [1.54, 1.807) is 0 Å². The molecule has 0 aliphatic carbocycles. The molecule has 0 atom stereocenters. The van der Waals surface area contributed by atoms with Gasteiger partial charge in [0.2, 0.25) is 0 Å². The Balaban J connectivity index is 1.01. The van der Waals surface area contributed by atoms with Gasteiger partial charge in [-0.2, -0.15) is 0 Å². The summed E-state index contributed by atoms with van der Waals surface area (Å²) in [5, 5.41) is 16.9. The Kier molecular flexibility index (Phi) is 10.6. The molecule has 3 aromatic heterocycles. The zero-order valence-corrected chi connectivity index (χ0v) is 44.3. The summed E-state index contributed by atoms with van der Waals surface area (Å²) in [6, 6.07) is 116. The van der Waals surface area contributed by atoms with E-state index in [2.05, 4.69) is 323 Å². The van der Waals surface area contributed by atoms with E-state index < -0.39 is 16.3 Å². The number of para-hydroxylation sites is 4. The van der Waals surface area contributed by atoms with Crippen molar-refractivity contribution in [1.29, 1.82) is 0 Å². The number of fused-ring (bicyclic) bond motifs is 9. The number of nitrogens with zero attached hydrogens (tertiary/aromatic N) is 3. The maximum atomic E-state index is 2.73. The Morgan fingerprint density at radius 2 is 0.494 bits per heavy atom. The predicted molar refractivity (Wildman–Crippen MR) is 331 cm³/mol. The van der Waals surface area contributed by atoms with Crippen molar-refractivity contribution in [2.24, 2.45) is 0 Å². The number of benzene rings is 12. The minimum atomic E-state index is -3.09. The van der Waals surface area contributed by atoms with Crippen LogP contribution in [0.25, 0.3) is 76.8 Å². The van der Waals surface area contributed by atoms with E-state index >= 15 is 0 Å². The Morgan fingerprint density at radius 3 is 0.948 bits per heavy atom. The molecular weight excluding hydrogens is 963 g/mol. The van der Waals surface area contributed by atoms with Gasteiger partial charge in [0.25, 0.3) is 8.24 Å². The van der Waals surface area contributed by atoms with E-state index in [0.29, 0.717) is 0 Å². The molecular formula is C72H51N3Si2. The lowest BCUT2D eigenvalue weighted by Gasteiger charge is -2.36. The highest BCUT2D eigenvalue weighted by Gasteiger charge is 2.45. The van der Waals surface area contributed by atoms with Crippen molar-refractivity contribution in [1.82, 2.24) is 13.4 Å².